The average molecular weight is 286 g/mol. The number of rotatable bonds is 5. The first kappa shape index (κ1) is 14.5. The van der Waals surface area contributed by atoms with Gasteiger partial charge < -0.3 is 15.4 Å². The number of carbonyl (C=O) groups excluding carboxylic acids is 1. The maximum absolute atomic E-state index is 11.8. The van der Waals surface area contributed by atoms with Crippen LogP contribution < -0.4 is 10.9 Å². The second-order valence-corrected chi connectivity index (χ2v) is 4.41. The van der Waals surface area contributed by atoms with E-state index in [2.05, 4.69) is 10.3 Å². The Balaban J connectivity index is 1.97. The van der Waals surface area contributed by atoms with Crippen LogP contribution in [0.1, 0.15) is 26.3 Å². The van der Waals surface area contributed by atoms with Gasteiger partial charge in [0.15, 0.2) is 0 Å². The number of amides is 1. The van der Waals surface area contributed by atoms with Gasteiger partial charge in [-0.25, -0.2) is 4.79 Å². The Morgan fingerprint density at radius 3 is 2.67 bits per heavy atom. The number of hydrogen-bond donors (Lipinski definition) is 3. The highest BCUT2D eigenvalue weighted by atomic mass is 16.4. The zero-order valence-electron chi connectivity index (χ0n) is 11.1. The van der Waals surface area contributed by atoms with Crippen LogP contribution >= 0.6 is 0 Å². The van der Waals surface area contributed by atoms with Crippen LogP contribution in [0.4, 0.5) is 0 Å². The largest absolute Gasteiger partial charge is 0.478 e. The third kappa shape index (κ3) is 3.79. The highest BCUT2D eigenvalue weighted by Gasteiger charge is 2.10. The third-order valence-electron chi connectivity index (χ3n) is 2.96. The number of carbonyl (C=O) groups is 2. The summed E-state index contributed by atoms with van der Waals surface area (Å²) in [7, 11) is 0. The van der Waals surface area contributed by atoms with Crippen LogP contribution in [-0.4, -0.2) is 28.5 Å². The van der Waals surface area contributed by atoms with Crippen LogP contribution in [0.25, 0.3) is 0 Å². The van der Waals surface area contributed by atoms with Crippen molar-refractivity contribution in [1.82, 2.24) is 10.3 Å². The summed E-state index contributed by atoms with van der Waals surface area (Å²) in [6, 6.07) is 9.35. The number of carboxylic acids is 1. The monoisotopic (exact) mass is 286 g/mol. The van der Waals surface area contributed by atoms with Gasteiger partial charge in [0, 0.05) is 24.4 Å². The molecule has 0 saturated heterocycles. The lowest BCUT2D eigenvalue weighted by Gasteiger charge is -2.07. The number of hydrogen-bond acceptors (Lipinski definition) is 3. The fraction of sp³-hybridized carbons (Fsp3) is 0.133. The van der Waals surface area contributed by atoms with Crippen molar-refractivity contribution >= 4 is 11.9 Å². The lowest BCUT2D eigenvalue weighted by Crippen LogP contribution is -2.27. The molecule has 1 heterocycles. The maximum Gasteiger partial charge on any atom is 0.335 e. The minimum absolute atomic E-state index is 0.225. The summed E-state index contributed by atoms with van der Waals surface area (Å²) in [4.78, 5) is 36.4. The van der Waals surface area contributed by atoms with Gasteiger partial charge in [0.25, 0.3) is 5.91 Å². The third-order valence-corrected chi connectivity index (χ3v) is 2.96. The zero-order chi connectivity index (χ0) is 15.2. The molecule has 21 heavy (non-hydrogen) atoms. The summed E-state index contributed by atoms with van der Waals surface area (Å²) >= 11 is 0. The van der Waals surface area contributed by atoms with Gasteiger partial charge in [0.1, 0.15) is 0 Å². The molecule has 0 saturated carbocycles. The van der Waals surface area contributed by atoms with Crippen LogP contribution in [0, 0.1) is 0 Å². The van der Waals surface area contributed by atoms with Crippen molar-refractivity contribution in [3.05, 3.63) is 69.6 Å². The molecule has 0 aliphatic heterocycles. The Kier molecular flexibility index (Phi) is 4.50. The van der Waals surface area contributed by atoms with Crippen molar-refractivity contribution in [1.29, 1.82) is 0 Å². The van der Waals surface area contributed by atoms with E-state index in [4.69, 9.17) is 5.11 Å². The fourth-order valence-electron chi connectivity index (χ4n) is 1.95. The minimum Gasteiger partial charge on any atom is -0.478 e. The molecule has 108 valence electrons. The molecule has 1 amide bonds. The summed E-state index contributed by atoms with van der Waals surface area (Å²) in [5.41, 5.74) is 0.795. The number of nitrogens with one attached hydrogen (secondary N) is 2. The van der Waals surface area contributed by atoms with E-state index in [9.17, 15) is 14.4 Å². The van der Waals surface area contributed by atoms with Crippen molar-refractivity contribution in [2.45, 2.75) is 6.42 Å². The van der Waals surface area contributed by atoms with Crippen molar-refractivity contribution < 1.29 is 14.7 Å². The van der Waals surface area contributed by atoms with Crippen LogP contribution in [0.3, 0.4) is 0 Å². The van der Waals surface area contributed by atoms with E-state index in [1.54, 1.807) is 18.2 Å². The van der Waals surface area contributed by atoms with Gasteiger partial charge in [-0.1, -0.05) is 18.2 Å². The molecule has 1 aromatic heterocycles. The first-order chi connectivity index (χ1) is 10.1. The fourth-order valence-corrected chi connectivity index (χ4v) is 1.95. The molecule has 1 aromatic carbocycles. The van der Waals surface area contributed by atoms with E-state index in [1.807, 2.05) is 0 Å². The summed E-state index contributed by atoms with van der Waals surface area (Å²) in [5, 5.41) is 11.7. The number of pyridine rings is 1. The molecule has 0 unspecified atom stereocenters. The summed E-state index contributed by atoms with van der Waals surface area (Å²) < 4.78 is 0. The Morgan fingerprint density at radius 1 is 1.19 bits per heavy atom. The normalized spacial score (nSPS) is 10.1. The standard InChI is InChI=1S/C15H14N2O4/c18-13-9-11(6-7-16-13)14(19)17-8-5-10-3-1-2-4-12(10)15(20)21/h1-4,6-7,9H,5,8H2,(H,16,18)(H,17,19)(H,20,21). The van der Waals surface area contributed by atoms with E-state index in [1.165, 1.54) is 24.4 Å². The first-order valence-electron chi connectivity index (χ1n) is 6.36. The van der Waals surface area contributed by atoms with Gasteiger partial charge >= 0.3 is 5.97 Å². The molecule has 2 rings (SSSR count). The molecule has 2 aromatic rings. The SMILES string of the molecule is O=C(NCCc1ccccc1C(=O)O)c1cc[nH]c(=O)c1. The molecule has 6 heteroatoms. The molecule has 0 radical (unpaired) electrons. The molecule has 3 N–H and O–H groups in total. The molecule has 0 bridgehead atoms. The van der Waals surface area contributed by atoms with Crippen LogP contribution in [0.5, 0.6) is 0 Å². The van der Waals surface area contributed by atoms with Crippen molar-refractivity contribution in [2.24, 2.45) is 0 Å². The first-order valence-corrected chi connectivity index (χ1v) is 6.36. The van der Waals surface area contributed by atoms with E-state index in [0.717, 1.165) is 0 Å². The molecule has 6 nitrogen and oxygen atoms in total. The van der Waals surface area contributed by atoms with E-state index < -0.39 is 5.97 Å². The topological polar surface area (TPSA) is 99.3 Å². The van der Waals surface area contributed by atoms with Gasteiger partial charge in [-0.2, -0.15) is 0 Å². The summed E-state index contributed by atoms with van der Waals surface area (Å²) in [6.07, 6.45) is 1.80. The average Bonchev–Trinajstić information content (AvgIpc) is 2.47. The Bertz CT molecular complexity index is 721. The molecular formula is C15H14N2O4. The van der Waals surface area contributed by atoms with Gasteiger partial charge in [0.2, 0.25) is 5.56 Å². The number of benzene rings is 1. The van der Waals surface area contributed by atoms with Crippen molar-refractivity contribution in [3.63, 3.8) is 0 Å². The second-order valence-electron chi connectivity index (χ2n) is 4.41. The predicted octanol–water partition coefficient (Wildman–Crippen LogP) is 1.05. The predicted molar refractivity (Wildman–Crippen MR) is 76.5 cm³/mol. The minimum atomic E-state index is -0.994. The maximum atomic E-state index is 11.8. The smallest absolute Gasteiger partial charge is 0.335 e. The van der Waals surface area contributed by atoms with Crippen molar-refractivity contribution in [2.75, 3.05) is 6.54 Å². The Hall–Kier alpha value is -2.89. The number of aromatic amines is 1. The zero-order valence-corrected chi connectivity index (χ0v) is 11.1. The molecule has 0 atom stereocenters. The quantitative estimate of drug-likeness (QED) is 0.764. The van der Waals surface area contributed by atoms with Gasteiger partial charge in [-0.15, -0.1) is 0 Å². The molecule has 0 fully saturated rings. The summed E-state index contributed by atoms with van der Waals surface area (Å²) in [6.45, 7) is 0.288. The lowest BCUT2D eigenvalue weighted by molar-refractivity contribution is 0.0695. The number of H-pyrrole nitrogens is 1. The van der Waals surface area contributed by atoms with Crippen LogP contribution in [-0.2, 0) is 6.42 Å². The molecule has 0 aliphatic rings. The van der Waals surface area contributed by atoms with Crippen LogP contribution in [0.15, 0.2) is 47.4 Å². The molecule has 0 aliphatic carbocycles. The highest BCUT2D eigenvalue weighted by molar-refractivity contribution is 5.94. The molecular weight excluding hydrogens is 272 g/mol. The van der Waals surface area contributed by atoms with Gasteiger partial charge in [-0.3, -0.25) is 9.59 Å². The lowest BCUT2D eigenvalue weighted by atomic mass is 10.0. The second kappa shape index (κ2) is 6.51. The molecule has 0 spiro atoms. The number of aromatic carboxylic acids is 1. The number of aromatic nitrogens is 1. The van der Waals surface area contributed by atoms with E-state index in [0.29, 0.717) is 12.0 Å². The summed E-state index contributed by atoms with van der Waals surface area (Å²) in [5.74, 6) is -1.36. The Morgan fingerprint density at radius 2 is 1.95 bits per heavy atom. The number of carboxylic acid groups (broad SMARTS) is 1. The van der Waals surface area contributed by atoms with E-state index >= 15 is 0 Å². The van der Waals surface area contributed by atoms with Crippen LogP contribution in [0.2, 0.25) is 0 Å². The Labute approximate surface area is 120 Å². The van der Waals surface area contributed by atoms with Crippen molar-refractivity contribution in [3.8, 4) is 0 Å². The highest BCUT2D eigenvalue weighted by Crippen LogP contribution is 2.09. The van der Waals surface area contributed by atoms with Gasteiger partial charge in [0.05, 0.1) is 5.56 Å². The van der Waals surface area contributed by atoms with E-state index in [-0.39, 0.29) is 29.1 Å². The van der Waals surface area contributed by atoms with Gasteiger partial charge in [-0.05, 0) is 24.1 Å².